The van der Waals surface area contributed by atoms with Crippen molar-refractivity contribution in [1.29, 1.82) is 0 Å². The largest absolute Gasteiger partial charge is 0.457 e. The summed E-state index contributed by atoms with van der Waals surface area (Å²) in [6.45, 7) is 19.5. The third-order valence-electron chi connectivity index (χ3n) is 7.10. The Balaban J connectivity index is 1.71. The predicted octanol–water partition coefficient (Wildman–Crippen LogP) is 4.54. The van der Waals surface area contributed by atoms with Crippen LogP contribution in [-0.2, 0) is 23.5 Å². The van der Waals surface area contributed by atoms with Crippen molar-refractivity contribution in [3.05, 3.63) is 35.9 Å². The number of hydrogen-bond donors (Lipinski definition) is 1. The van der Waals surface area contributed by atoms with Gasteiger partial charge in [0.05, 0.1) is 13.1 Å². The van der Waals surface area contributed by atoms with E-state index in [0.717, 1.165) is 16.8 Å². The van der Waals surface area contributed by atoms with Gasteiger partial charge >= 0.3 is 12.1 Å². The fourth-order valence-electron chi connectivity index (χ4n) is 3.99. The normalized spacial score (nSPS) is 19.7. The van der Waals surface area contributed by atoms with Crippen LogP contribution in [0.5, 0.6) is 0 Å². The quantitative estimate of drug-likeness (QED) is 0.378. The number of anilines is 1. The van der Waals surface area contributed by atoms with Gasteiger partial charge in [-0.3, -0.25) is 14.6 Å². The van der Waals surface area contributed by atoms with Gasteiger partial charge in [0.2, 0.25) is 12.1 Å². The standard InChI is InChI=1S/C28H43N3O6Si/c1-19(32)29-16-23-18-31(26(34)35-23)22-12-10-20(11-13-22)21-14-15-30(17-21)24(25(33)36-27(2,3)4)37-38(8,9)28(5,6)7/h10-14,23-24H,15-18H2,1-9H3,(H,29,32)/t23-,24+/m0/s1. The van der Waals surface area contributed by atoms with E-state index in [-0.39, 0.29) is 29.6 Å². The molecule has 1 N–H and O–H groups in total. The van der Waals surface area contributed by atoms with Crippen LogP contribution in [0.3, 0.4) is 0 Å². The van der Waals surface area contributed by atoms with Crippen LogP contribution in [0.2, 0.25) is 18.1 Å². The molecule has 2 aliphatic rings. The van der Waals surface area contributed by atoms with Gasteiger partial charge < -0.3 is 19.2 Å². The number of rotatable bonds is 8. The predicted molar refractivity (Wildman–Crippen MR) is 150 cm³/mol. The fraction of sp³-hybridized carbons (Fsp3) is 0.607. The van der Waals surface area contributed by atoms with Gasteiger partial charge in [-0.05, 0) is 62.2 Å². The molecule has 1 aromatic carbocycles. The topological polar surface area (TPSA) is 97.4 Å². The molecule has 2 atom stereocenters. The van der Waals surface area contributed by atoms with Crippen LogP contribution in [0, 0.1) is 0 Å². The second kappa shape index (κ2) is 11.2. The van der Waals surface area contributed by atoms with Crippen molar-refractivity contribution in [2.24, 2.45) is 0 Å². The van der Waals surface area contributed by atoms with E-state index in [9.17, 15) is 14.4 Å². The van der Waals surface area contributed by atoms with Gasteiger partial charge in [0.25, 0.3) is 0 Å². The number of hydrogen-bond acceptors (Lipinski definition) is 7. The molecule has 38 heavy (non-hydrogen) atoms. The van der Waals surface area contributed by atoms with Crippen LogP contribution in [0.4, 0.5) is 10.5 Å². The first-order valence-electron chi connectivity index (χ1n) is 13.1. The number of carbonyl (C=O) groups is 3. The first-order valence-corrected chi connectivity index (χ1v) is 16.0. The first kappa shape index (κ1) is 29.9. The highest BCUT2D eigenvalue weighted by molar-refractivity contribution is 6.74. The van der Waals surface area contributed by atoms with E-state index in [2.05, 4.69) is 45.3 Å². The zero-order chi connectivity index (χ0) is 28.5. The highest BCUT2D eigenvalue weighted by atomic mass is 28.4. The molecular formula is C28H43N3O6Si. The van der Waals surface area contributed by atoms with Crippen LogP contribution >= 0.6 is 0 Å². The summed E-state index contributed by atoms with van der Waals surface area (Å²) in [6, 6.07) is 7.71. The maximum Gasteiger partial charge on any atom is 0.414 e. The smallest absolute Gasteiger partial charge is 0.414 e. The van der Waals surface area contributed by atoms with Gasteiger partial charge in [-0.1, -0.05) is 39.0 Å². The number of nitrogens with one attached hydrogen (secondary N) is 1. The average Bonchev–Trinajstić information content (AvgIpc) is 3.41. The molecule has 1 saturated heterocycles. The molecule has 10 heteroatoms. The Hall–Kier alpha value is -2.69. The minimum Gasteiger partial charge on any atom is -0.457 e. The van der Waals surface area contributed by atoms with Crippen molar-refractivity contribution in [2.75, 3.05) is 31.1 Å². The Labute approximate surface area is 227 Å². The van der Waals surface area contributed by atoms with Crippen molar-refractivity contribution >= 4 is 37.5 Å². The molecule has 2 heterocycles. The van der Waals surface area contributed by atoms with Crippen molar-refractivity contribution in [2.45, 2.75) is 84.5 Å². The third kappa shape index (κ3) is 7.45. The highest BCUT2D eigenvalue weighted by Gasteiger charge is 2.44. The van der Waals surface area contributed by atoms with Gasteiger partial charge in [-0.25, -0.2) is 9.59 Å². The van der Waals surface area contributed by atoms with Crippen molar-refractivity contribution in [3.8, 4) is 0 Å². The minimum absolute atomic E-state index is 0.0586. The zero-order valence-electron chi connectivity index (χ0n) is 24.2. The summed E-state index contributed by atoms with van der Waals surface area (Å²) in [5.74, 6) is -0.528. The highest BCUT2D eigenvalue weighted by Crippen LogP contribution is 2.38. The molecule has 210 valence electrons. The number of benzene rings is 1. The van der Waals surface area contributed by atoms with Crippen molar-refractivity contribution < 1.29 is 28.3 Å². The molecule has 0 radical (unpaired) electrons. The van der Waals surface area contributed by atoms with Crippen LogP contribution in [0.25, 0.3) is 5.57 Å². The maximum atomic E-state index is 13.3. The summed E-state index contributed by atoms with van der Waals surface area (Å²) >= 11 is 0. The Bertz CT molecular complexity index is 1070. The van der Waals surface area contributed by atoms with Gasteiger partial charge in [-0.2, -0.15) is 0 Å². The maximum absolute atomic E-state index is 13.3. The molecule has 0 spiro atoms. The second-order valence-electron chi connectivity index (χ2n) is 12.5. The van der Waals surface area contributed by atoms with Crippen LogP contribution < -0.4 is 10.2 Å². The van der Waals surface area contributed by atoms with E-state index in [0.29, 0.717) is 19.6 Å². The lowest BCUT2D eigenvalue weighted by Gasteiger charge is -2.41. The van der Waals surface area contributed by atoms with Crippen molar-refractivity contribution in [3.63, 3.8) is 0 Å². The molecule has 3 rings (SSSR count). The lowest BCUT2D eigenvalue weighted by Crippen LogP contribution is -2.53. The lowest BCUT2D eigenvalue weighted by atomic mass is 10.1. The number of nitrogens with zero attached hydrogens (tertiary/aromatic N) is 2. The van der Waals surface area contributed by atoms with Crippen LogP contribution in [0.15, 0.2) is 30.3 Å². The lowest BCUT2D eigenvalue weighted by molar-refractivity contribution is -0.173. The summed E-state index contributed by atoms with van der Waals surface area (Å²) < 4.78 is 17.7. The molecule has 1 fully saturated rings. The number of cyclic esters (lactones) is 1. The van der Waals surface area contributed by atoms with E-state index >= 15 is 0 Å². The molecule has 9 nitrogen and oxygen atoms in total. The number of esters is 1. The van der Waals surface area contributed by atoms with E-state index in [4.69, 9.17) is 13.9 Å². The average molecular weight is 546 g/mol. The minimum atomic E-state index is -2.26. The first-order chi connectivity index (χ1) is 17.5. The van der Waals surface area contributed by atoms with Gasteiger partial charge in [0.15, 0.2) is 8.32 Å². The molecule has 1 aromatic rings. The van der Waals surface area contributed by atoms with E-state index in [1.165, 1.54) is 6.92 Å². The summed E-state index contributed by atoms with van der Waals surface area (Å²) in [4.78, 5) is 40.4. The van der Waals surface area contributed by atoms with Crippen LogP contribution in [-0.4, -0.2) is 75.3 Å². The molecule has 0 bridgehead atoms. The monoisotopic (exact) mass is 545 g/mol. The molecule has 2 aliphatic heterocycles. The van der Waals surface area contributed by atoms with E-state index < -0.39 is 26.2 Å². The van der Waals surface area contributed by atoms with E-state index in [1.54, 1.807) is 4.90 Å². The number of amides is 2. The molecular weight excluding hydrogens is 502 g/mol. The number of ether oxygens (including phenoxy) is 2. The summed E-state index contributed by atoms with van der Waals surface area (Å²) in [6.07, 6.45) is 0.503. The Kier molecular flexibility index (Phi) is 8.80. The molecule has 2 amide bonds. The molecule has 0 aromatic heterocycles. The zero-order valence-corrected chi connectivity index (χ0v) is 25.2. The van der Waals surface area contributed by atoms with Gasteiger partial charge in [0, 0.05) is 25.7 Å². The van der Waals surface area contributed by atoms with Crippen molar-refractivity contribution in [1.82, 2.24) is 10.2 Å². The molecule has 0 saturated carbocycles. The van der Waals surface area contributed by atoms with Crippen LogP contribution in [0.1, 0.15) is 54.0 Å². The SMILES string of the molecule is CC(=O)NC[C@H]1CN(c2ccc(C3=CCN([C@H](O[Si](C)(C)C(C)(C)C)C(=O)OC(C)(C)C)C3)cc2)C(=O)O1. The Morgan fingerprint density at radius 1 is 1.13 bits per heavy atom. The summed E-state index contributed by atoms with van der Waals surface area (Å²) in [5, 5.41) is 2.63. The number of carbonyl (C=O) groups excluding carboxylic acids is 3. The second-order valence-corrected chi connectivity index (χ2v) is 17.3. The molecule has 0 aliphatic carbocycles. The summed E-state index contributed by atoms with van der Waals surface area (Å²) in [5.41, 5.74) is 2.20. The molecule has 0 unspecified atom stereocenters. The third-order valence-corrected chi connectivity index (χ3v) is 11.5. The Morgan fingerprint density at radius 2 is 1.76 bits per heavy atom. The fourth-order valence-corrected chi connectivity index (χ4v) is 5.15. The summed E-state index contributed by atoms with van der Waals surface area (Å²) in [7, 11) is -2.26. The van der Waals surface area contributed by atoms with E-state index in [1.807, 2.05) is 49.9 Å². The van der Waals surface area contributed by atoms with Gasteiger partial charge in [-0.15, -0.1) is 0 Å². The van der Waals surface area contributed by atoms with Gasteiger partial charge in [0.1, 0.15) is 11.7 Å². The Morgan fingerprint density at radius 3 is 2.32 bits per heavy atom.